The average Bonchev–Trinajstić information content (AvgIpc) is 2.40. The summed E-state index contributed by atoms with van der Waals surface area (Å²) in [6.07, 6.45) is 13.9. The van der Waals surface area contributed by atoms with Crippen LogP contribution in [0.2, 0.25) is 0 Å². The molecule has 6 nitrogen and oxygen atoms in total. The number of hydrogen-bond donors (Lipinski definition) is 2. The lowest BCUT2D eigenvalue weighted by atomic mass is 10.1. The summed E-state index contributed by atoms with van der Waals surface area (Å²) in [6.45, 7) is 4.51. The van der Waals surface area contributed by atoms with Crippen LogP contribution in [0.3, 0.4) is 0 Å². The molecule has 0 heterocycles. The van der Waals surface area contributed by atoms with Crippen molar-refractivity contribution in [2.45, 2.75) is 71.1 Å². The Morgan fingerprint density at radius 2 is 1.29 bits per heavy atom. The monoisotopic (exact) mass is 306 g/mol. The summed E-state index contributed by atoms with van der Waals surface area (Å²) in [6, 6.07) is 0. The number of hydrogen-bond acceptors (Lipinski definition) is 4. The number of unbranched alkanes of at least 4 members (excludes halogenated alkanes) is 9. The molecule has 0 aliphatic rings. The van der Waals surface area contributed by atoms with Crippen LogP contribution in [0.15, 0.2) is 0 Å². The first-order chi connectivity index (χ1) is 10.0. The normalized spacial score (nSPS) is 10.3. The Morgan fingerprint density at radius 3 is 1.67 bits per heavy atom. The summed E-state index contributed by atoms with van der Waals surface area (Å²) in [5.41, 5.74) is 0. The fraction of sp³-hybridized carbons (Fsp3) is 1.00. The topological polar surface area (TPSA) is 86.8 Å². The first-order valence-corrected chi connectivity index (χ1v) is 8.17. The number of rotatable bonds is 13. The van der Waals surface area contributed by atoms with Crippen LogP contribution in [0.1, 0.15) is 71.1 Å². The van der Waals surface area contributed by atoms with Crippen molar-refractivity contribution < 1.29 is 15.4 Å². The standard InChI is InChI=1S/C15H33NO.HNO3/c1-3-4-5-6-7-8-9-10-11-12-13-16(2)14-15-17;2-1(3)4/h17H,3-15H2,1-2H3;(H,2,3,4). The molecule has 2 N–H and O–H groups in total. The molecule has 0 rings (SSSR count). The minimum absolute atomic E-state index is 0.286. The molecule has 0 amide bonds. The molecule has 0 saturated heterocycles. The number of aliphatic hydroxyl groups excluding tert-OH is 1. The van der Waals surface area contributed by atoms with Gasteiger partial charge in [-0.3, -0.25) is 0 Å². The van der Waals surface area contributed by atoms with Gasteiger partial charge in [-0.2, -0.15) is 0 Å². The largest absolute Gasteiger partial charge is 0.395 e. The van der Waals surface area contributed by atoms with Crippen molar-refractivity contribution >= 4 is 0 Å². The lowest BCUT2D eigenvalue weighted by Crippen LogP contribution is -2.23. The third-order valence-electron chi connectivity index (χ3n) is 3.38. The first kappa shape index (κ1) is 22.4. The van der Waals surface area contributed by atoms with Crippen molar-refractivity contribution in [1.82, 2.24) is 4.90 Å². The van der Waals surface area contributed by atoms with Crippen LogP contribution in [-0.2, 0) is 0 Å². The molecular formula is C15H34N2O4. The predicted octanol–water partition coefficient (Wildman–Crippen LogP) is 3.48. The second-order valence-electron chi connectivity index (χ2n) is 5.45. The Morgan fingerprint density at radius 1 is 0.905 bits per heavy atom. The molecule has 128 valence electrons. The fourth-order valence-electron chi connectivity index (χ4n) is 2.15. The molecule has 0 aromatic rings. The summed E-state index contributed by atoms with van der Waals surface area (Å²) in [5.74, 6) is 0. The molecule has 0 bridgehead atoms. The van der Waals surface area contributed by atoms with Gasteiger partial charge in [0.25, 0.3) is 5.09 Å². The molecule has 0 spiro atoms. The van der Waals surface area contributed by atoms with Crippen LogP contribution in [0.5, 0.6) is 0 Å². The highest BCUT2D eigenvalue weighted by Gasteiger charge is 1.96. The molecule has 0 aromatic carbocycles. The molecule has 0 aromatic heterocycles. The third kappa shape index (κ3) is 28.1. The van der Waals surface area contributed by atoms with Crippen molar-refractivity contribution in [3.8, 4) is 0 Å². The minimum Gasteiger partial charge on any atom is -0.395 e. The lowest BCUT2D eigenvalue weighted by Gasteiger charge is -2.14. The Bertz CT molecular complexity index is 212. The maximum atomic E-state index is 8.76. The van der Waals surface area contributed by atoms with E-state index in [4.69, 9.17) is 20.4 Å². The van der Waals surface area contributed by atoms with Crippen molar-refractivity contribution in [2.75, 3.05) is 26.7 Å². The SMILES string of the molecule is CCCCCCCCCCCCN(C)CCO.O=[N+]([O-])O. The van der Waals surface area contributed by atoms with Crippen molar-refractivity contribution in [1.29, 1.82) is 0 Å². The second kappa shape index (κ2) is 19.1. The Balaban J connectivity index is 0. The second-order valence-corrected chi connectivity index (χ2v) is 5.45. The van der Waals surface area contributed by atoms with Crippen molar-refractivity contribution in [2.24, 2.45) is 0 Å². The Kier molecular flexibility index (Phi) is 20.4. The van der Waals surface area contributed by atoms with Gasteiger partial charge in [-0.1, -0.05) is 64.7 Å². The molecule has 0 atom stereocenters. The van der Waals surface area contributed by atoms with Crippen LogP contribution >= 0.6 is 0 Å². The Hall–Kier alpha value is -0.880. The fourth-order valence-corrected chi connectivity index (χ4v) is 2.15. The highest BCUT2D eigenvalue weighted by Crippen LogP contribution is 2.10. The summed E-state index contributed by atoms with van der Waals surface area (Å²) in [5, 5.41) is 22.4. The van der Waals surface area contributed by atoms with Gasteiger partial charge in [0.15, 0.2) is 0 Å². The minimum atomic E-state index is -1.50. The highest BCUT2D eigenvalue weighted by atomic mass is 16.9. The van der Waals surface area contributed by atoms with Gasteiger partial charge in [-0.15, -0.1) is 10.1 Å². The van der Waals surface area contributed by atoms with E-state index in [2.05, 4.69) is 18.9 Å². The molecule has 0 aliphatic carbocycles. The van der Waals surface area contributed by atoms with Gasteiger partial charge >= 0.3 is 0 Å². The lowest BCUT2D eigenvalue weighted by molar-refractivity contribution is -0.742. The van der Waals surface area contributed by atoms with E-state index < -0.39 is 5.09 Å². The molecule has 21 heavy (non-hydrogen) atoms. The van der Waals surface area contributed by atoms with Crippen molar-refractivity contribution in [3.05, 3.63) is 10.1 Å². The van der Waals surface area contributed by atoms with Crippen molar-refractivity contribution in [3.63, 3.8) is 0 Å². The van der Waals surface area contributed by atoms with E-state index in [1.165, 1.54) is 64.2 Å². The molecule has 6 heteroatoms. The predicted molar refractivity (Wildman–Crippen MR) is 85.2 cm³/mol. The van der Waals surface area contributed by atoms with E-state index in [0.29, 0.717) is 0 Å². The van der Waals surface area contributed by atoms with E-state index in [9.17, 15) is 0 Å². The van der Waals surface area contributed by atoms with E-state index in [0.717, 1.165) is 13.1 Å². The summed E-state index contributed by atoms with van der Waals surface area (Å²) >= 11 is 0. The zero-order valence-corrected chi connectivity index (χ0v) is 13.8. The van der Waals surface area contributed by atoms with Gasteiger partial charge in [-0.05, 0) is 20.0 Å². The molecular weight excluding hydrogens is 272 g/mol. The maximum absolute atomic E-state index is 8.76. The van der Waals surface area contributed by atoms with Crippen LogP contribution < -0.4 is 0 Å². The van der Waals surface area contributed by atoms with Gasteiger partial charge in [0.2, 0.25) is 0 Å². The van der Waals surface area contributed by atoms with Crippen LogP contribution in [0, 0.1) is 10.1 Å². The summed E-state index contributed by atoms with van der Waals surface area (Å²) in [7, 11) is 2.09. The highest BCUT2D eigenvalue weighted by molar-refractivity contribution is 4.52. The quantitative estimate of drug-likeness (QED) is 0.309. The zero-order valence-electron chi connectivity index (χ0n) is 13.8. The van der Waals surface area contributed by atoms with Crippen LogP contribution in [-0.4, -0.2) is 47.0 Å². The first-order valence-electron chi connectivity index (χ1n) is 8.17. The van der Waals surface area contributed by atoms with Crippen LogP contribution in [0.25, 0.3) is 0 Å². The average molecular weight is 306 g/mol. The number of aliphatic hydroxyl groups is 1. The smallest absolute Gasteiger partial charge is 0.291 e. The zero-order chi connectivity index (χ0) is 16.3. The maximum Gasteiger partial charge on any atom is 0.291 e. The third-order valence-corrected chi connectivity index (χ3v) is 3.38. The molecule has 0 saturated carbocycles. The number of nitrogens with zero attached hydrogens (tertiary/aromatic N) is 2. The van der Waals surface area contributed by atoms with Gasteiger partial charge in [0, 0.05) is 6.54 Å². The van der Waals surface area contributed by atoms with E-state index in [1.54, 1.807) is 0 Å². The van der Waals surface area contributed by atoms with E-state index >= 15 is 0 Å². The van der Waals surface area contributed by atoms with Crippen LogP contribution in [0.4, 0.5) is 0 Å². The van der Waals surface area contributed by atoms with E-state index in [1.807, 2.05) is 0 Å². The number of likely N-dealkylation sites (N-methyl/N-ethyl adjacent to an activating group) is 1. The Labute approximate surface area is 129 Å². The van der Waals surface area contributed by atoms with Gasteiger partial charge in [-0.25, -0.2) is 0 Å². The van der Waals surface area contributed by atoms with Gasteiger partial charge in [0.05, 0.1) is 6.61 Å². The molecule has 0 unspecified atom stereocenters. The molecule has 0 radical (unpaired) electrons. The summed E-state index contributed by atoms with van der Waals surface area (Å²) in [4.78, 5) is 10.6. The molecule has 0 fully saturated rings. The van der Waals surface area contributed by atoms with Gasteiger partial charge in [0.1, 0.15) is 0 Å². The molecule has 0 aliphatic heterocycles. The van der Waals surface area contributed by atoms with Gasteiger partial charge < -0.3 is 15.2 Å². The summed E-state index contributed by atoms with van der Waals surface area (Å²) < 4.78 is 0. The van der Waals surface area contributed by atoms with E-state index in [-0.39, 0.29) is 6.61 Å².